The number of hydrogen-bond donors (Lipinski definition) is 1. The summed E-state index contributed by atoms with van der Waals surface area (Å²) in [6.45, 7) is 0.273. The smallest absolute Gasteiger partial charge is 0.292 e. The Morgan fingerprint density at radius 2 is 1.95 bits per heavy atom. The number of nitrogen functional groups attached to an aromatic ring is 1. The zero-order valence-corrected chi connectivity index (χ0v) is 10.9. The second-order valence-electron chi connectivity index (χ2n) is 4.12. The molecule has 0 aliphatic carbocycles. The summed E-state index contributed by atoms with van der Waals surface area (Å²) in [5.74, 6) is 1.35. The van der Waals surface area contributed by atoms with Crippen molar-refractivity contribution in [3.8, 4) is 11.5 Å². The van der Waals surface area contributed by atoms with Gasteiger partial charge >= 0.3 is 0 Å². The van der Waals surface area contributed by atoms with E-state index in [1.165, 1.54) is 12.1 Å². The molecule has 2 aromatic carbocycles. The van der Waals surface area contributed by atoms with Crippen LogP contribution in [0, 0.1) is 10.1 Å². The van der Waals surface area contributed by atoms with Gasteiger partial charge in [-0.25, -0.2) is 0 Å². The summed E-state index contributed by atoms with van der Waals surface area (Å²) in [4.78, 5) is 10.2. The highest BCUT2D eigenvalue weighted by Gasteiger charge is 2.11. The van der Waals surface area contributed by atoms with Crippen molar-refractivity contribution in [2.24, 2.45) is 0 Å². The summed E-state index contributed by atoms with van der Waals surface area (Å²) >= 11 is 0. The lowest BCUT2D eigenvalue weighted by molar-refractivity contribution is -0.383. The maximum atomic E-state index is 10.7. The lowest BCUT2D eigenvalue weighted by Crippen LogP contribution is -2.00. The first-order chi connectivity index (χ1) is 9.60. The summed E-state index contributed by atoms with van der Waals surface area (Å²) in [5.41, 5.74) is 6.40. The van der Waals surface area contributed by atoms with Crippen LogP contribution in [0.2, 0.25) is 0 Å². The second-order valence-corrected chi connectivity index (χ2v) is 4.12. The molecule has 0 heterocycles. The third-order valence-electron chi connectivity index (χ3n) is 2.74. The number of benzene rings is 2. The van der Waals surface area contributed by atoms with E-state index in [0.29, 0.717) is 11.5 Å². The molecule has 0 fully saturated rings. The molecule has 0 spiro atoms. The van der Waals surface area contributed by atoms with Crippen LogP contribution < -0.4 is 15.2 Å². The number of nitrogens with zero attached hydrogens (tertiary/aromatic N) is 1. The Morgan fingerprint density at radius 1 is 1.20 bits per heavy atom. The average Bonchev–Trinajstić information content (AvgIpc) is 2.45. The fourth-order valence-electron chi connectivity index (χ4n) is 1.72. The average molecular weight is 274 g/mol. The molecule has 0 radical (unpaired) electrons. The van der Waals surface area contributed by atoms with E-state index < -0.39 is 4.92 Å². The van der Waals surface area contributed by atoms with Crippen LogP contribution in [0.4, 0.5) is 11.4 Å². The molecule has 0 saturated heterocycles. The fraction of sp³-hybridized carbons (Fsp3) is 0.143. The van der Waals surface area contributed by atoms with Crippen molar-refractivity contribution < 1.29 is 14.4 Å². The van der Waals surface area contributed by atoms with Crippen molar-refractivity contribution in [3.63, 3.8) is 0 Å². The van der Waals surface area contributed by atoms with E-state index in [9.17, 15) is 10.1 Å². The molecule has 0 aromatic heterocycles. The van der Waals surface area contributed by atoms with Crippen LogP contribution in [0.15, 0.2) is 42.5 Å². The van der Waals surface area contributed by atoms with E-state index in [0.717, 1.165) is 5.56 Å². The van der Waals surface area contributed by atoms with Gasteiger partial charge in [0.1, 0.15) is 23.8 Å². The van der Waals surface area contributed by atoms with Crippen LogP contribution >= 0.6 is 0 Å². The van der Waals surface area contributed by atoms with Gasteiger partial charge in [0.05, 0.1) is 12.0 Å². The zero-order valence-electron chi connectivity index (χ0n) is 10.9. The summed E-state index contributed by atoms with van der Waals surface area (Å²) in [7, 11) is 1.58. The van der Waals surface area contributed by atoms with Crippen LogP contribution in [0.3, 0.4) is 0 Å². The highest BCUT2D eigenvalue weighted by Crippen LogP contribution is 2.24. The van der Waals surface area contributed by atoms with Crippen LogP contribution in [0.5, 0.6) is 11.5 Å². The Labute approximate surface area is 115 Å². The van der Waals surface area contributed by atoms with Gasteiger partial charge in [-0.3, -0.25) is 10.1 Å². The maximum Gasteiger partial charge on any atom is 0.292 e. The van der Waals surface area contributed by atoms with Gasteiger partial charge in [0.25, 0.3) is 5.69 Å². The normalized spacial score (nSPS) is 10.1. The minimum Gasteiger partial charge on any atom is -0.497 e. The number of hydrogen-bond acceptors (Lipinski definition) is 5. The van der Waals surface area contributed by atoms with Crippen LogP contribution in [0.1, 0.15) is 5.56 Å². The SMILES string of the molecule is COc1cccc(OCc2ccc([N+](=O)[O-])c(N)c2)c1. The molecule has 2 rings (SSSR count). The van der Waals surface area contributed by atoms with Gasteiger partial charge in [-0.05, 0) is 29.8 Å². The number of rotatable bonds is 5. The minimum absolute atomic E-state index is 0.102. The highest BCUT2D eigenvalue weighted by atomic mass is 16.6. The molecule has 0 saturated carbocycles. The predicted octanol–water partition coefficient (Wildman–Crippen LogP) is 2.76. The Kier molecular flexibility index (Phi) is 4.05. The van der Waals surface area contributed by atoms with Gasteiger partial charge < -0.3 is 15.2 Å². The van der Waals surface area contributed by atoms with E-state index in [4.69, 9.17) is 15.2 Å². The first-order valence-corrected chi connectivity index (χ1v) is 5.90. The lowest BCUT2D eigenvalue weighted by atomic mass is 10.2. The molecule has 6 heteroatoms. The Hall–Kier alpha value is -2.76. The summed E-state index contributed by atoms with van der Waals surface area (Å²) in [6.07, 6.45) is 0. The molecule has 0 atom stereocenters. The largest absolute Gasteiger partial charge is 0.497 e. The van der Waals surface area contributed by atoms with Gasteiger partial charge in [-0.1, -0.05) is 6.07 Å². The third-order valence-corrected chi connectivity index (χ3v) is 2.74. The van der Waals surface area contributed by atoms with Crippen molar-refractivity contribution in [1.29, 1.82) is 0 Å². The summed E-state index contributed by atoms with van der Waals surface area (Å²) in [6, 6.07) is 11.7. The molecule has 6 nitrogen and oxygen atoms in total. The number of nitrogens with two attached hydrogens (primary N) is 1. The van der Waals surface area contributed by atoms with E-state index >= 15 is 0 Å². The van der Waals surface area contributed by atoms with Crippen LogP contribution in [0.25, 0.3) is 0 Å². The first kappa shape index (κ1) is 13.7. The number of ether oxygens (including phenoxy) is 2. The van der Waals surface area contributed by atoms with Gasteiger partial charge in [0.15, 0.2) is 0 Å². The van der Waals surface area contributed by atoms with E-state index in [-0.39, 0.29) is 18.0 Å². The number of anilines is 1. The van der Waals surface area contributed by atoms with Crippen molar-refractivity contribution >= 4 is 11.4 Å². The Morgan fingerprint density at radius 3 is 2.60 bits per heavy atom. The van der Waals surface area contributed by atoms with E-state index in [1.54, 1.807) is 25.3 Å². The highest BCUT2D eigenvalue weighted by molar-refractivity contribution is 5.59. The number of nitro groups is 1. The third kappa shape index (κ3) is 3.17. The number of methoxy groups -OCH3 is 1. The molecule has 0 bridgehead atoms. The quantitative estimate of drug-likeness (QED) is 0.514. The van der Waals surface area contributed by atoms with Crippen molar-refractivity contribution in [3.05, 3.63) is 58.1 Å². The standard InChI is InChI=1S/C14H14N2O4/c1-19-11-3-2-4-12(8-11)20-9-10-5-6-14(16(17)18)13(15)7-10/h2-8H,9,15H2,1H3. The van der Waals surface area contributed by atoms with Crippen molar-refractivity contribution in [1.82, 2.24) is 0 Å². The molecular weight excluding hydrogens is 260 g/mol. The first-order valence-electron chi connectivity index (χ1n) is 5.90. The second kappa shape index (κ2) is 5.92. The maximum absolute atomic E-state index is 10.7. The molecular formula is C14H14N2O4. The fourth-order valence-corrected chi connectivity index (χ4v) is 1.72. The van der Waals surface area contributed by atoms with Crippen molar-refractivity contribution in [2.45, 2.75) is 6.61 Å². The van der Waals surface area contributed by atoms with Gasteiger partial charge in [0, 0.05) is 12.1 Å². The molecule has 104 valence electrons. The van der Waals surface area contributed by atoms with Crippen LogP contribution in [-0.2, 0) is 6.61 Å². The topological polar surface area (TPSA) is 87.6 Å². The Balaban J connectivity index is 2.07. The van der Waals surface area contributed by atoms with Gasteiger partial charge in [0.2, 0.25) is 0 Å². The zero-order chi connectivity index (χ0) is 14.5. The molecule has 2 aromatic rings. The molecule has 0 aliphatic heterocycles. The molecule has 2 N–H and O–H groups in total. The summed E-state index contributed by atoms with van der Waals surface area (Å²) in [5, 5.41) is 10.7. The monoisotopic (exact) mass is 274 g/mol. The minimum atomic E-state index is -0.512. The predicted molar refractivity (Wildman–Crippen MR) is 74.8 cm³/mol. The molecule has 0 unspecified atom stereocenters. The van der Waals surface area contributed by atoms with Gasteiger partial charge in [-0.2, -0.15) is 0 Å². The van der Waals surface area contributed by atoms with Crippen LogP contribution in [-0.4, -0.2) is 12.0 Å². The lowest BCUT2D eigenvalue weighted by Gasteiger charge is -2.08. The summed E-state index contributed by atoms with van der Waals surface area (Å²) < 4.78 is 10.7. The van der Waals surface area contributed by atoms with Crippen molar-refractivity contribution in [2.75, 3.05) is 12.8 Å². The Bertz CT molecular complexity index is 628. The molecule has 0 aliphatic rings. The number of nitro benzene ring substituents is 1. The van der Waals surface area contributed by atoms with E-state index in [2.05, 4.69) is 0 Å². The molecule has 20 heavy (non-hydrogen) atoms. The molecule has 0 amide bonds. The van der Waals surface area contributed by atoms with Gasteiger partial charge in [-0.15, -0.1) is 0 Å². The van der Waals surface area contributed by atoms with E-state index in [1.807, 2.05) is 12.1 Å².